The Morgan fingerprint density at radius 2 is 2.47 bits per heavy atom. The molecule has 0 radical (unpaired) electrons. The first-order valence-electron chi connectivity index (χ1n) is 5.01. The van der Waals surface area contributed by atoms with Gasteiger partial charge in [0.2, 0.25) is 0 Å². The van der Waals surface area contributed by atoms with E-state index in [1.807, 2.05) is 0 Å². The van der Waals surface area contributed by atoms with Gasteiger partial charge in [-0.3, -0.25) is 0 Å². The third-order valence-corrected chi connectivity index (χ3v) is 2.84. The molecule has 2 heterocycles. The molecule has 2 rings (SSSR count). The van der Waals surface area contributed by atoms with Crippen LogP contribution in [0.25, 0.3) is 0 Å². The summed E-state index contributed by atoms with van der Waals surface area (Å²) in [4.78, 5) is 10.3. The van der Waals surface area contributed by atoms with Gasteiger partial charge in [0.1, 0.15) is 17.3 Å². The van der Waals surface area contributed by atoms with Crippen molar-refractivity contribution in [2.24, 2.45) is 5.92 Å². The highest BCUT2D eigenvalue weighted by molar-refractivity contribution is 6.29. The summed E-state index contributed by atoms with van der Waals surface area (Å²) in [6, 6.07) is 1.80. The van der Waals surface area contributed by atoms with Gasteiger partial charge in [-0.25, -0.2) is 9.97 Å². The quantitative estimate of drug-likeness (QED) is 0.736. The fourth-order valence-corrected chi connectivity index (χ4v) is 2.05. The molecule has 82 valence electrons. The Morgan fingerprint density at radius 1 is 1.60 bits per heavy atom. The van der Waals surface area contributed by atoms with Crippen LogP contribution in [-0.4, -0.2) is 36.8 Å². The van der Waals surface area contributed by atoms with Crippen LogP contribution in [0.5, 0.6) is 0 Å². The van der Waals surface area contributed by atoms with Crippen LogP contribution >= 0.6 is 11.6 Å². The molecule has 0 amide bonds. The molecule has 4 nitrogen and oxygen atoms in total. The van der Waals surface area contributed by atoms with Gasteiger partial charge < -0.3 is 9.64 Å². The van der Waals surface area contributed by atoms with Crippen molar-refractivity contribution < 1.29 is 4.74 Å². The molecule has 0 bridgehead atoms. The summed E-state index contributed by atoms with van der Waals surface area (Å²) < 4.78 is 5.15. The Hall–Kier alpha value is -0.870. The van der Waals surface area contributed by atoms with Gasteiger partial charge in [-0.15, -0.1) is 0 Å². The maximum atomic E-state index is 5.82. The zero-order valence-electron chi connectivity index (χ0n) is 8.69. The summed E-state index contributed by atoms with van der Waals surface area (Å²) in [6.45, 7) is 2.82. The van der Waals surface area contributed by atoms with Crippen molar-refractivity contribution in [2.75, 3.05) is 31.7 Å². The molecule has 0 spiro atoms. The number of aromatic nitrogens is 2. The molecule has 0 saturated carbocycles. The second-order valence-corrected chi connectivity index (χ2v) is 4.14. The number of rotatable bonds is 3. The predicted molar refractivity (Wildman–Crippen MR) is 59.2 cm³/mol. The fraction of sp³-hybridized carbons (Fsp3) is 0.600. The molecule has 1 saturated heterocycles. The summed E-state index contributed by atoms with van der Waals surface area (Å²) in [5, 5.41) is 0.496. The minimum absolute atomic E-state index is 0.496. The summed E-state index contributed by atoms with van der Waals surface area (Å²) in [6.07, 6.45) is 2.65. The topological polar surface area (TPSA) is 38.2 Å². The molecular weight excluding hydrogens is 214 g/mol. The van der Waals surface area contributed by atoms with Gasteiger partial charge >= 0.3 is 0 Å². The first kappa shape index (κ1) is 10.6. The van der Waals surface area contributed by atoms with Gasteiger partial charge in [0.05, 0.1) is 6.61 Å². The maximum Gasteiger partial charge on any atom is 0.134 e. The van der Waals surface area contributed by atoms with Crippen LogP contribution in [0.3, 0.4) is 0 Å². The highest BCUT2D eigenvalue weighted by Gasteiger charge is 2.23. The largest absolute Gasteiger partial charge is 0.384 e. The monoisotopic (exact) mass is 227 g/mol. The summed E-state index contributed by atoms with van der Waals surface area (Å²) in [7, 11) is 1.74. The minimum atomic E-state index is 0.496. The third-order valence-electron chi connectivity index (χ3n) is 2.63. The lowest BCUT2D eigenvalue weighted by Crippen LogP contribution is -2.21. The molecule has 0 N–H and O–H groups in total. The van der Waals surface area contributed by atoms with Gasteiger partial charge in [-0.05, 0) is 6.42 Å². The second-order valence-electron chi connectivity index (χ2n) is 3.75. The van der Waals surface area contributed by atoms with Crippen molar-refractivity contribution >= 4 is 17.4 Å². The van der Waals surface area contributed by atoms with Gasteiger partial charge in [0.15, 0.2) is 0 Å². The maximum absolute atomic E-state index is 5.82. The Kier molecular flexibility index (Phi) is 3.38. The van der Waals surface area contributed by atoms with Gasteiger partial charge in [-0.1, -0.05) is 11.6 Å². The molecule has 0 unspecified atom stereocenters. The zero-order valence-corrected chi connectivity index (χ0v) is 9.44. The van der Waals surface area contributed by atoms with Crippen LogP contribution < -0.4 is 4.90 Å². The molecule has 1 aromatic heterocycles. The van der Waals surface area contributed by atoms with Gasteiger partial charge in [-0.2, -0.15) is 0 Å². The SMILES string of the molecule is COC[C@H]1CCN(c2cc(Cl)ncn2)C1. The number of hydrogen-bond donors (Lipinski definition) is 0. The van der Waals surface area contributed by atoms with Crippen LogP contribution in [0.2, 0.25) is 5.15 Å². The van der Waals surface area contributed by atoms with E-state index < -0.39 is 0 Å². The van der Waals surface area contributed by atoms with Crippen LogP contribution in [0.1, 0.15) is 6.42 Å². The number of ether oxygens (including phenoxy) is 1. The van der Waals surface area contributed by atoms with Crippen molar-refractivity contribution in [3.8, 4) is 0 Å². The highest BCUT2D eigenvalue weighted by Crippen LogP contribution is 2.23. The molecule has 1 aliphatic heterocycles. The Balaban J connectivity index is 2.01. The average molecular weight is 228 g/mol. The van der Waals surface area contributed by atoms with Gasteiger partial charge in [0, 0.05) is 32.2 Å². The average Bonchev–Trinajstić information content (AvgIpc) is 2.67. The first-order valence-corrected chi connectivity index (χ1v) is 5.39. The number of anilines is 1. The predicted octanol–water partition coefficient (Wildman–Crippen LogP) is 1.60. The summed E-state index contributed by atoms with van der Waals surface area (Å²) >= 11 is 5.82. The Morgan fingerprint density at radius 3 is 3.20 bits per heavy atom. The molecule has 15 heavy (non-hydrogen) atoms. The van der Waals surface area contributed by atoms with E-state index in [0.29, 0.717) is 11.1 Å². The van der Waals surface area contributed by atoms with Crippen molar-refractivity contribution in [1.82, 2.24) is 9.97 Å². The van der Waals surface area contributed by atoms with Crippen molar-refractivity contribution in [2.45, 2.75) is 6.42 Å². The van der Waals surface area contributed by atoms with Crippen molar-refractivity contribution in [1.29, 1.82) is 0 Å². The van der Waals surface area contributed by atoms with E-state index in [9.17, 15) is 0 Å². The van der Waals surface area contributed by atoms with Crippen LogP contribution in [0.4, 0.5) is 5.82 Å². The van der Waals surface area contributed by atoms with E-state index in [4.69, 9.17) is 16.3 Å². The zero-order chi connectivity index (χ0) is 10.7. The van der Waals surface area contributed by atoms with Crippen molar-refractivity contribution in [3.05, 3.63) is 17.5 Å². The molecule has 1 aromatic rings. The first-order chi connectivity index (χ1) is 7.29. The number of methoxy groups -OCH3 is 1. The van der Waals surface area contributed by atoms with E-state index in [2.05, 4.69) is 14.9 Å². The third kappa shape index (κ3) is 2.58. The fourth-order valence-electron chi connectivity index (χ4n) is 1.91. The molecule has 5 heteroatoms. The summed E-state index contributed by atoms with van der Waals surface area (Å²) in [5.41, 5.74) is 0. The van der Waals surface area contributed by atoms with E-state index in [0.717, 1.165) is 31.9 Å². The molecule has 1 atom stereocenters. The standard InChI is InChI=1S/C10H14ClN3O/c1-15-6-8-2-3-14(5-8)10-4-9(11)12-7-13-10/h4,7-8H,2-3,5-6H2,1H3/t8-/m0/s1. The smallest absolute Gasteiger partial charge is 0.134 e. The van der Waals surface area contributed by atoms with Crippen molar-refractivity contribution in [3.63, 3.8) is 0 Å². The Bertz CT molecular complexity index is 334. The molecule has 1 fully saturated rings. The lowest BCUT2D eigenvalue weighted by molar-refractivity contribution is 0.161. The van der Waals surface area contributed by atoms with Crippen LogP contribution in [0.15, 0.2) is 12.4 Å². The van der Waals surface area contributed by atoms with E-state index in [1.54, 1.807) is 13.2 Å². The lowest BCUT2D eigenvalue weighted by Gasteiger charge is -2.16. The molecular formula is C10H14ClN3O. The number of halogens is 1. The summed E-state index contributed by atoms with van der Waals surface area (Å²) in [5.74, 6) is 1.51. The second kappa shape index (κ2) is 4.77. The minimum Gasteiger partial charge on any atom is -0.384 e. The van der Waals surface area contributed by atoms with E-state index >= 15 is 0 Å². The number of hydrogen-bond acceptors (Lipinski definition) is 4. The normalized spacial score (nSPS) is 20.9. The molecule has 0 aromatic carbocycles. The Labute approximate surface area is 94.2 Å². The highest BCUT2D eigenvalue weighted by atomic mass is 35.5. The van der Waals surface area contributed by atoms with Gasteiger partial charge in [0.25, 0.3) is 0 Å². The lowest BCUT2D eigenvalue weighted by atomic mass is 10.1. The van der Waals surface area contributed by atoms with Crippen LogP contribution in [0, 0.1) is 5.92 Å². The van der Waals surface area contributed by atoms with Crippen LogP contribution in [-0.2, 0) is 4.74 Å². The van der Waals surface area contributed by atoms with E-state index in [-0.39, 0.29) is 0 Å². The molecule has 1 aliphatic rings. The molecule has 0 aliphatic carbocycles. The van der Waals surface area contributed by atoms with E-state index in [1.165, 1.54) is 6.33 Å². The number of nitrogens with zero attached hydrogens (tertiary/aromatic N) is 3.